The SMILES string of the molecule is C[C@]12CCC3C(CC=C4C[C@@H](O)CC[C@@]43C)C1CCC2C/C=N/O. The molecule has 0 spiro atoms. The zero-order valence-corrected chi connectivity index (χ0v) is 15.2. The molecule has 0 amide bonds. The lowest BCUT2D eigenvalue weighted by Crippen LogP contribution is -2.50. The molecule has 0 heterocycles. The number of nitrogens with zero attached hydrogens (tertiary/aromatic N) is 1. The minimum absolute atomic E-state index is 0.108. The van der Waals surface area contributed by atoms with Gasteiger partial charge in [-0.15, -0.1) is 5.16 Å². The first-order valence-electron chi connectivity index (χ1n) is 10.0. The fourth-order valence-electron chi connectivity index (χ4n) is 7.31. The fourth-order valence-corrected chi connectivity index (χ4v) is 7.31. The molecule has 0 saturated heterocycles. The van der Waals surface area contributed by atoms with Crippen molar-refractivity contribution in [2.24, 2.45) is 39.7 Å². The first-order chi connectivity index (χ1) is 11.5. The summed E-state index contributed by atoms with van der Waals surface area (Å²) in [7, 11) is 0. The van der Waals surface area contributed by atoms with Crippen molar-refractivity contribution in [1.82, 2.24) is 0 Å². The highest BCUT2D eigenvalue weighted by Crippen LogP contribution is 2.66. The predicted octanol–water partition coefficient (Wildman–Crippen LogP) is 4.78. The lowest BCUT2D eigenvalue weighted by atomic mass is 9.47. The highest BCUT2D eigenvalue weighted by atomic mass is 16.4. The molecule has 3 nitrogen and oxygen atoms in total. The third-order valence-corrected chi connectivity index (χ3v) is 8.75. The number of aliphatic hydroxyl groups excluding tert-OH is 1. The number of hydrogen-bond acceptors (Lipinski definition) is 3. The van der Waals surface area contributed by atoms with Gasteiger partial charge >= 0.3 is 0 Å². The zero-order valence-electron chi connectivity index (χ0n) is 15.2. The number of aliphatic hydroxyl groups is 1. The third kappa shape index (κ3) is 2.30. The molecule has 7 atom stereocenters. The predicted molar refractivity (Wildman–Crippen MR) is 96.1 cm³/mol. The molecule has 3 fully saturated rings. The van der Waals surface area contributed by atoms with Crippen LogP contribution in [0.25, 0.3) is 0 Å². The van der Waals surface area contributed by atoms with Gasteiger partial charge in [-0.1, -0.05) is 25.5 Å². The maximum Gasteiger partial charge on any atom is 0.0577 e. The molecule has 4 aliphatic rings. The molecule has 134 valence electrons. The summed E-state index contributed by atoms with van der Waals surface area (Å²) in [5, 5.41) is 22.2. The van der Waals surface area contributed by atoms with E-state index in [2.05, 4.69) is 25.1 Å². The van der Waals surface area contributed by atoms with Gasteiger partial charge in [0, 0.05) is 6.21 Å². The van der Waals surface area contributed by atoms with Crippen LogP contribution in [-0.4, -0.2) is 22.6 Å². The van der Waals surface area contributed by atoms with E-state index in [4.69, 9.17) is 5.21 Å². The number of rotatable bonds is 2. The molecule has 0 aromatic heterocycles. The normalized spacial score (nSPS) is 51.0. The molecule has 0 bridgehead atoms. The quantitative estimate of drug-likeness (QED) is 0.331. The lowest BCUT2D eigenvalue weighted by molar-refractivity contribution is -0.0487. The van der Waals surface area contributed by atoms with Crippen LogP contribution in [0.1, 0.15) is 71.6 Å². The largest absolute Gasteiger partial charge is 0.411 e. The minimum Gasteiger partial charge on any atom is -0.411 e. The van der Waals surface area contributed by atoms with Crippen molar-refractivity contribution in [2.45, 2.75) is 77.7 Å². The summed E-state index contributed by atoms with van der Waals surface area (Å²) in [6.45, 7) is 5.01. The summed E-state index contributed by atoms with van der Waals surface area (Å²) < 4.78 is 0. The highest BCUT2D eigenvalue weighted by Gasteiger charge is 2.58. The minimum atomic E-state index is -0.108. The van der Waals surface area contributed by atoms with Gasteiger partial charge in [0.05, 0.1) is 6.10 Å². The van der Waals surface area contributed by atoms with Crippen molar-refractivity contribution in [2.75, 3.05) is 0 Å². The molecule has 2 N–H and O–H groups in total. The van der Waals surface area contributed by atoms with Gasteiger partial charge in [0.1, 0.15) is 0 Å². The van der Waals surface area contributed by atoms with Crippen LogP contribution >= 0.6 is 0 Å². The first-order valence-corrected chi connectivity index (χ1v) is 10.0. The van der Waals surface area contributed by atoms with Gasteiger partial charge < -0.3 is 10.3 Å². The molecule has 3 heteroatoms. The summed E-state index contributed by atoms with van der Waals surface area (Å²) in [5.74, 6) is 3.15. The van der Waals surface area contributed by atoms with Gasteiger partial charge in [0.15, 0.2) is 0 Å². The van der Waals surface area contributed by atoms with E-state index in [-0.39, 0.29) is 6.10 Å². The van der Waals surface area contributed by atoms with E-state index in [0.717, 1.165) is 37.0 Å². The summed E-state index contributed by atoms with van der Waals surface area (Å²) in [6.07, 6.45) is 14.7. The van der Waals surface area contributed by atoms with Gasteiger partial charge in [-0.3, -0.25) is 0 Å². The van der Waals surface area contributed by atoms with Crippen LogP contribution in [0.3, 0.4) is 0 Å². The molecular formula is C21H33NO2. The Kier molecular flexibility index (Phi) is 4.06. The van der Waals surface area contributed by atoms with E-state index < -0.39 is 0 Å². The number of allylic oxidation sites excluding steroid dienone is 1. The molecule has 0 aliphatic heterocycles. The van der Waals surface area contributed by atoms with Crippen LogP contribution in [0.4, 0.5) is 0 Å². The summed E-state index contributed by atoms with van der Waals surface area (Å²) in [6, 6.07) is 0. The van der Waals surface area contributed by atoms with Gasteiger partial charge in [0.2, 0.25) is 0 Å². The third-order valence-electron chi connectivity index (χ3n) is 8.75. The Morgan fingerprint density at radius 2 is 2.00 bits per heavy atom. The molecule has 24 heavy (non-hydrogen) atoms. The van der Waals surface area contributed by atoms with Crippen molar-refractivity contribution >= 4 is 6.21 Å². The molecule has 0 radical (unpaired) electrons. The molecular weight excluding hydrogens is 298 g/mol. The van der Waals surface area contributed by atoms with E-state index in [0.29, 0.717) is 16.7 Å². The summed E-state index contributed by atoms with van der Waals surface area (Å²) >= 11 is 0. The van der Waals surface area contributed by atoms with Gasteiger partial charge in [0.25, 0.3) is 0 Å². The second kappa shape index (κ2) is 5.86. The summed E-state index contributed by atoms with van der Waals surface area (Å²) in [5.41, 5.74) is 2.33. The second-order valence-electron chi connectivity index (χ2n) is 9.51. The van der Waals surface area contributed by atoms with Gasteiger partial charge in [-0.25, -0.2) is 0 Å². The van der Waals surface area contributed by atoms with Crippen LogP contribution in [0, 0.1) is 34.5 Å². The lowest BCUT2D eigenvalue weighted by Gasteiger charge is -2.58. The van der Waals surface area contributed by atoms with Gasteiger partial charge in [-0.2, -0.15) is 0 Å². The first kappa shape index (κ1) is 16.6. The van der Waals surface area contributed by atoms with E-state index in [9.17, 15) is 5.11 Å². The van der Waals surface area contributed by atoms with Gasteiger partial charge in [-0.05, 0) is 92.3 Å². The Bertz CT molecular complexity index is 556. The van der Waals surface area contributed by atoms with Crippen LogP contribution < -0.4 is 0 Å². The maximum absolute atomic E-state index is 10.1. The van der Waals surface area contributed by atoms with Crippen molar-refractivity contribution < 1.29 is 10.3 Å². The maximum atomic E-state index is 10.1. The van der Waals surface area contributed by atoms with Crippen LogP contribution in [-0.2, 0) is 0 Å². The molecule has 4 rings (SSSR count). The van der Waals surface area contributed by atoms with Crippen LogP contribution in [0.2, 0.25) is 0 Å². The van der Waals surface area contributed by atoms with E-state index in [1.807, 2.05) is 0 Å². The van der Waals surface area contributed by atoms with E-state index in [1.165, 1.54) is 38.5 Å². The Morgan fingerprint density at radius 1 is 1.17 bits per heavy atom. The Morgan fingerprint density at radius 3 is 2.79 bits per heavy atom. The number of oxime groups is 1. The van der Waals surface area contributed by atoms with Crippen LogP contribution in [0.5, 0.6) is 0 Å². The Hall–Kier alpha value is -0.830. The fraction of sp³-hybridized carbons (Fsp3) is 0.857. The van der Waals surface area contributed by atoms with Crippen molar-refractivity contribution in [1.29, 1.82) is 0 Å². The highest BCUT2D eigenvalue weighted by molar-refractivity contribution is 5.56. The smallest absolute Gasteiger partial charge is 0.0577 e. The topological polar surface area (TPSA) is 52.8 Å². The molecule has 0 aromatic rings. The molecule has 3 saturated carbocycles. The van der Waals surface area contributed by atoms with Crippen molar-refractivity contribution in [3.8, 4) is 0 Å². The molecule has 4 aliphatic carbocycles. The monoisotopic (exact) mass is 331 g/mol. The molecule has 4 unspecified atom stereocenters. The van der Waals surface area contributed by atoms with E-state index in [1.54, 1.807) is 11.8 Å². The van der Waals surface area contributed by atoms with Crippen molar-refractivity contribution in [3.63, 3.8) is 0 Å². The Balaban J connectivity index is 1.60. The second-order valence-corrected chi connectivity index (χ2v) is 9.51. The van der Waals surface area contributed by atoms with Crippen molar-refractivity contribution in [3.05, 3.63) is 11.6 Å². The average Bonchev–Trinajstić information content (AvgIpc) is 2.90. The van der Waals surface area contributed by atoms with Crippen LogP contribution in [0.15, 0.2) is 16.8 Å². The Labute approximate surface area is 146 Å². The zero-order chi connectivity index (χ0) is 16.9. The average molecular weight is 332 g/mol. The van der Waals surface area contributed by atoms with E-state index >= 15 is 0 Å². The number of hydrogen-bond donors (Lipinski definition) is 2. The number of fused-ring (bicyclic) bond motifs is 5. The summed E-state index contributed by atoms with van der Waals surface area (Å²) in [4.78, 5) is 0. The standard InChI is InChI=1S/C21H33NO2/c1-20-11-8-19-17(18(20)6-4-14(20)9-12-22-24)5-3-15-13-16(23)7-10-21(15,19)2/h3,12,14,16-19,23-24H,4-11,13H2,1-2H3/b22-12+/t14?,16-,17?,18?,19?,20+,21-/m0/s1. The molecule has 0 aromatic carbocycles.